The molecule has 0 aliphatic rings. The second-order valence-corrected chi connectivity index (χ2v) is 7.86. The topological polar surface area (TPSA) is 64.9 Å². The van der Waals surface area contributed by atoms with E-state index in [1.54, 1.807) is 6.07 Å². The molecule has 4 nitrogen and oxygen atoms in total. The van der Waals surface area contributed by atoms with Crippen LogP contribution in [0.15, 0.2) is 68.2 Å². The molecule has 0 spiro atoms. The third kappa shape index (κ3) is 3.67. The maximum atomic E-state index is 14.1. The van der Waals surface area contributed by atoms with Gasteiger partial charge in [-0.25, -0.2) is 9.37 Å². The van der Waals surface area contributed by atoms with Gasteiger partial charge in [-0.3, -0.25) is 0 Å². The number of aromatic nitrogens is 2. The van der Waals surface area contributed by atoms with Crippen LogP contribution in [-0.4, -0.2) is 10.1 Å². The Hall–Kier alpha value is -2.09. The van der Waals surface area contributed by atoms with Gasteiger partial charge in [0.15, 0.2) is 5.58 Å². The summed E-state index contributed by atoms with van der Waals surface area (Å²) < 4.78 is 21.1. The highest BCUT2D eigenvalue weighted by Gasteiger charge is 2.19. The number of nitrogens with zero attached hydrogens (tertiary/aromatic N) is 2. The molecule has 0 saturated heterocycles. The van der Waals surface area contributed by atoms with Crippen molar-refractivity contribution < 1.29 is 8.91 Å². The first kappa shape index (κ1) is 18.3. The van der Waals surface area contributed by atoms with Crippen molar-refractivity contribution in [1.29, 1.82) is 0 Å². The van der Waals surface area contributed by atoms with Gasteiger partial charge in [-0.15, -0.1) is 0 Å². The monoisotopic (exact) mass is 489 g/mol. The Morgan fingerprint density at radius 2 is 1.89 bits per heavy atom. The predicted molar refractivity (Wildman–Crippen MR) is 110 cm³/mol. The maximum absolute atomic E-state index is 14.1. The number of hydrogen-bond acceptors (Lipinski definition) is 4. The second-order valence-electron chi connectivity index (χ2n) is 6.13. The van der Waals surface area contributed by atoms with Crippen molar-refractivity contribution in [3.63, 3.8) is 0 Å². The predicted octanol–water partition coefficient (Wildman–Crippen LogP) is 5.80. The third-order valence-corrected chi connectivity index (χ3v) is 5.28. The maximum Gasteiger partial charge on any atom is 0.168 e. The molecule has 0 fully saturated rings. The molecule has 7 heteroatoms. The molecule has 2 N–H and O–H groups in total. The van der Waals surface area contributed by atoms with Gasteiger partial charge >= 0.3 is 0 Å². The van der Waals surface area contributed by atoms with Crippen LogP contribution >= 0.6 is 31.9 Å². The van der Waals surface area contributed by atoms with Crippen molar-refractivity contribution in [3.05, 3.63) is 80.7 Å². The lowest BCUT2D eigenvalue weighted by Gasteiger charge is -2.16. The van der Waals surface area contributed by atoms with Gasteiger partial charge in [0.05, 0.1) is 5.69 Å². The first-order valence-corrected chi connectivity index (χ1v) is 9.82. The van der Waals surface area contributed by atoms with Gasteiger partial charge in [0.1, 0.15) is 16.1 Å². The highest BCUT2D eigenvalue weighted by Crippen LogP contribution is 2.34. The molecule has 136 valence electrons. The minimum Gasteiger partial charge on any atom is -0.356 e. The minimum atomic E-state index is -0.445. The fourth-order valence-electron chi connectivity index (χ4n) is 3.06. The van der Waals surface area contributed by atoms with E-state index >= 15 is 0 Å². The molecule has 0 unspecified atom stereocenters. The quantitative estimate of drug-likeness (QED) is 0.367. The van der Waals surface area contributed by atoms with Crippen molar-refractivity contribution in [3.8, 4) is 11.3 Å². The van der Waals surface area contributed by atoms with Crippen LogP contribution in [0.3, 0.4) is 0 Å². The first-order chi connectivity index (χ1) is 13.0. The van der Waals surface area contributed by atoms with Crippen LogP contribution in [0.1, 0.15) is 17.3 Å². The van der Waals surface area contributed by atoms with Gasteiger partial charge in [0, 0.05) is 27.9 Å². The molecule has 2 aromatic heterocycles. The lowest BCUT2D eigenvalue weighted by molar-refractivity contribution is 0.459. The molecule has 4 rings (SSSR count). The zero-order valence-corrected chi connectivity index (χ0v) is 17.2. The van der Waals surface area contributed by atoms with Gasteiger partial charge in [-0.1, -0.05) is 45.4 Å². The van der Waals surface area contributed by atoms with E-state index in [2.05, 4.69) is 42.0 Å². The zero-order valence-electron chi connectivity index (χ0n) is 14.0. The Balaban J connectivity index is 1.75. The molecule has 2 aromatic carbocycles. The summed E-state index contributed by atoms with van der Waals surface area (Å²) in [6.07, 6.45) is 0.267. The Morgan fingerprint density at radius 3 is 2.74 bits per heavy atom. The summed E-state index contributed by atoms with van der Waals surface area (Å²) >= 11 is 6.71. The molecule has 0 amide bonds. The van der Waals surface area contributed by atoms with E-state index in [4.69, 9.17) is 10.3 Å². The van der Waals surface area contributed by atoms with Crippen molar-refractivity contribution >= 4 is 42.8 Å². The number of rotatable bonds is 4. The SMILES string of the molecule is N[C@@H](Cc1nc(Br)ccc1F)c1ccccc1-c1noc2cc(Br)ccc12. The Kier molecular flexibility index (Phi) is 5.08. The van der Waals surface area contributed by atoms with Crippen LogP contribution < -0.4 is 5.73 Å². The Morgan fingerprint density at radius 1 is 1.07 bits per heavy atom. The van der Waals surface area contributed by atoms with E-state index in [1.807, 2.05) is 42.5 Å². The summed E-state index contributed by atoms with van der Waals surface area (Å²) in [4.78, 5) is 4.21. The normalized spacial score (nSPS) is 12.4. The standard InChI is InChI=1S/C20H14Br2FN3O/c21-11-5-6-14-18(9-11)27-26-20(14)13-4-2-1-3-12(13)16(24)10-17-15(23)7-8-19(22)25-17/h1-9,16H,10,24H2/t16-/m0/s1. The second kappa shape index (κ2) is 7.50. The average molecular weight is 491 g/mol. The van der Waals surface area contributed by atoms with Crippen LogP contribution in [0.5, 0.6) is 0 Å². The summed E-state index contributed by atoms with van der Waals surface area (Å²) in [5, 5.41) is 5.13. The molecule has 0 bridgehead atoms. The fourth-order valence-corrected chi connectivity index (χ4v) is 3.75. The van der Waals surface area contributed by atoms with Gasteiger partial charge < -0.3 is 10.3 Å². The lowest BCUT2D eigenvalue weighted by Crippen LogP contribution is -2.16. The Labute approximate surface area is 171 Å². The molecule has 4 aromatic rings. The zero-order chi connectivity index (χ0) is 19.0. The largest absolute Gasteiger partial charge is 0.356 e. The summed E-state index contributed by atoms with van der Waals surface area (Å²) in [6, 6.07) is 16.0. The van der Waals surface area contributed by atoms with E-state index in [-0.39, 0.29) is 12.2 Å². The van der Waals surface area contributed by atoms with Gasteiger partial charge in [0.25, 0.3) is 0 Å². The summed E-state index contributed by atoms with van der Waals surface area (Å²) in [5.74, 6) is -0.372. The number of nitrogens with two attached hydrogens (primary N) is 1. The third-order valence-electron chi connectivity index (χ3n) is 4.35. The van der Waals surface area contributed by atoms with Crippen molar-refractivity contribution in [2.45, 2.75) is 12.5 Å². The van der Waals surface area contributed by atoms with Gasteiger partial charge in [0.2, 0.25) is 0 Å². The van der Waals surface area contributed by atoms with E-state index < -0.39 is 6.04 Å². The smallest absolute Gasteiger partial charge is 0.168 e. The van der Waals surface area contributed by atoms with Gasteiger partial charge in [-0.2, -0.15) is 0 Å². The van der Waals surface area contributed by atoms with E-state index in [9.17, 15) is 4.39 Å². The molecule has 0 radical (unpaired) electrons. The van der Waals surface area contributed by atoms with E-state index in [1.165, 1.54) is 6.07 Å². The molecule has 1 atom stereocenters. The number of pyridine rings is 1. The minimum absolute atomic E-state index is 0.267. The number of benzene rings is 2. The highest BCUT2D eigenvalue weighted by atomic mass is 79.9. The fraction of sp³-hybridized carbons (Fsp3) is 0.100. The van der Waals surface area contributed by atoms with Gasteiger partial charge in [-0.05, 0) is 51.8 Å². The Bertz CT molecular complexity index is 1130. The summed E-state index contributed by atoms with van der Waals surface area (Å²) in [7, 11) is 0. The highest BCUT2D eigenvalue weighted by molar-refractivity contribution is 9.10. The molecule has 0 aliphatic heterocycles. The number of fused-ring (bicyclic) bond motifs is 1. The number of hydrogen-bond donors (Lipinski definition) is 1. The first-order valence-electron chi connectivity index (χ1n) is 8.23. The average Bonchev–Trinajstić information content (AvgIpc) is 3.07. The van der Waals surface area contributed by atoms with Crippen LogP contribution in [0.25, 0.3) is 22.2 Å². The van der Waals surface area contributed by atoms with Crippen LogP contribution in [-0.2, 0) is 6.42 Å². The van der Waals surface area contributed by atoms with Crippen molar-refractivity contribution in [2.75, 3.05) is 0 Å². The summed E-state index contributed by atoms with van der Waals surface area (Å²) in [6.45, 7) is 0. The van der Waals surface area contributed by atoms with Crippen molar-refractivity contribution in [1.82, 2.24) is 10.1 Å². The van der Waals surface area contributed by atoms with Crippen LogP contribution in [0.2, 0.25) is 0 Å². The molecular weight excluding hydrogens is 477 g/mol. The van der Waals surface area contributed by atoms with E-state index in [0.29, 0.717) is 21.6 Å². The molecule has 2 heterocycles. The lowest BCUT2D eigenvalue weighted by atomic mass is 9.94. The molecule has 27 heavy (non-hydrogen) atoms. The molecule has 0 aliphatic carbocycles. The molecular formula is C20H14Br2FN3O. The summed E-state index contributed by atoms with van der Waals surface area (Å²) in [5.41, 5.74) is 9.87. The number of halogens is 3. The van der Waals surface area contributed by atoms with Crippen LogP contribution in [0.4, 0.5) is 4.39 Å². The van der Waals surface area contributed by atoms with E-state index in [0.717, 1.165) is 21.0 Å². The molecule has 0 saturated carbocycles. The van der Waals surface area contributed by atoms with Crippen LogP contribution in [0, 0.1) is 5.82 Å². The van der Waals surface area contributed by atoms with Crippen molar-refractivity contribution in [2.24, 2.45) is 5.73 Å².